The number of rotatable bonds is 3. The Morgan fingerprint density at radius 1 is 1.15 bits per heavy atom. The summed E-state index contributed by atoms with van der Waals surface area (Å²) in [6, 6.07) is 13.4. The zero-order valence-electron chi connectivity index (χ0n) is 19.3. The molecule has 2 heterocycles. The summed E-state index contributed by atoms with van der Waals surface area (Å²) < 4.78 is 17.5. The molecule has 0 unspecified atom stereocenters. The molecule has 5 rings (SSSR count). The maximum absolute atomic E-state index is 15.9. The van der Waals surface area contributed by atoms with Gasteiger partial charge in [0.05, 0.1) is 34.1 Å². The van der Waals surface area contributed by atoms with Crippen LogP contribution in [0.5, 0.6) is 0 Å². The molecule has 0 aliphatic rings. The number of H-pyrrole nitrogens is 1. The molecule has 0 aliphatic heterocycles. The average molecular weight is 452 g/mol. The van der Waals surface area contributed by atoms with Crippen molar-refractivity contribution >= 4 is 21.5 Å². The van der Waals surface area contributed by atoms with Gasteiger partial charge in [0, 0.05) is 23.4 Å². The van der Waals surface area contributed by atoms with Crippen molar-refractivity contribution in [1.29, 1.82) is 5.26 Å². The topological polar surface area (TPSA) is 87.4 Å². The smallest absolute Gasteiger partial charge is 0.267 e. The minimum atomic E-state index is -0.440. The van der Waals surface area contributed by atoms with Crippen LogP contribution in [0.4, 0.5) is 4.39 Å². The Balaban J connectivity index is 1.88. The van der Waals surface area contributed by atoms with Gasteiger partial charge < -0.3 is 0 Å². The SMILES string of the molecule is CCc1n[nH]c(=O)c2c(C)cc(-c3cnn(C)c3-c3c(F)c(C)c4ccccc4c3C#N)cc12. The van der Waals surface area contributed by atoms with Crippen LogP contribution in [-0.2, 0) is 13.5 Å². The number of aromatic nitrogens is 4. The lowest BCUT2D eigenvalue weighted by Crippen LogP contribution is -2.12. The lowest BCUT2D eigenvalue weighted by Gasteiger charge is -2.15. The molecular formula is C27H22FN5O. The Morgan fingerprint density at radius 3 is 2.59 bits per heavy atom. The molecule has 3 aromatic carbocycles. The van der Waals surface area contributed by atoms with Gasteiger partial charge in [0.15, 0.2) is 0 Å². The predicted molar refractivity (Wildman–Crippen MR) is 131 cm³/mol. The van der Waals surface area contributed by atoms with Gasteiger partial charge in [0.25, 0.3) is 5.56 Å². The maximum Gasteiger partial charge on any atom is 0.272 e. The Hall–Kier alpha value is -4.31. The summed E-state index contributed by atoms with van der Waals surface area (Å²) in [4.78, 5) is 12.5. The first-order chi connectivity index (χ1) is 16.4. The van der Waals surface area contributed by atoms with Crippen molar-refractivity contribution in [2.45, 2.75) is 27.2 Å². The summed E-state index contributed by atoms with van der Waals surface area (Å²) in [5.74, 6) is -0.440. The molecule has 0 spiro atoms. The van der Waals surface area contributed by atoms with Gasteiger partial charge in [0.2, 0.25) is 0 Å². The molecule has 168 valence electrons. The number of hydrogen-bond acceptors (Lipinski definition) is 4. The molecule has 0 aliphatic carbocycles. The molecule has 2 aromatic heterocycles. The van der Waals surface area contributed by atoms with Crippen molar-refractivity contribution < 1.29 is 4.39 Å². The van der Waals surface area contributed by atoms with E-state index in [0.29, 0.717) is 39.4 Å². The monoisotopic (exact) mass is 451 g/mol. The quantitative estimate of drug-likeness (QED) is 0.401. The number of aromatic amines is 1. The summed E-state index contributed by atoms with van der Waals surface area (Å²) in [6.45, 7) is 5.58. The number of nitriles is 1. The van der Waals surface area contributed by atoms with E-state index in [4.69, 9.17) is 0 Å². The molecule has 34 heavy (non-hydrogen) atoms. The molecule has 0 radical (unpaired) electrons. The summed E-state index contributed by atoms with van der Waals surface area (Å²) in [7, 11) is 1.74. The summed E-state index contributed by atoms with van der Waals surface area (Å²) in [5, 5.41) is 24.0. The second-order valence-corrected chi connectivity index (χ2v) is 8.45. The minimum Gasteiger partial charge on any atom is -0.267 e. The molecule has 1 N–H and O–H groups in total. The lowest BCUT2D eigenvalue weighted by molar-refractivity contribution is 0.621. The zero-order valence-corrected chi connectivity index (χ0v) is 19.3. The maximum atomic E-state index is 15.9. The third kappa shape index (κ3) is 3.03. The molecule has 5 aromatic rings. The number of halogens is 1. The highest BCUT2D eigenvalue weighted by Gasteiger charge is 2.25. The zero-order chi connectivity index (χ0) is 24.1. The van der Waals surface area contributed by atoms with E-state index in [1.165, 1.54) is 0 Å². The Bertz CT molecular complexity index is 1720. The van der Waals surface area contributed by atoms with Crippen molar-refractivity contribution in [2.75, 3.05) is 0 Å². The van der Waals surface area contributed by atoms with Crippen LogP contribution in [0, 0.1) is 31.0 Å². The molecular weight excluding hydrogens is 429 g/mol. The second-order valence-electron chi connectivity index (χ2n) is 8.45. The van der Waals surface area contributed by atoms with Crippen LogP contribution in [0.15, 0.2) is 47.4 Å². The summed E-state index contributed by atoms with van der Waals surface area (Å²) in [6.07, 6.45) is 2.32. The fourth-order valence-electron chi connectivity index (χ4n) is 4.84. The Morgan fingerprint density at radius 2 is 1.88 bits per heavy atom. The van der Waals surface area contributed by atoms with Crippen LogP contribution < -0.4 is 5.56 Å². The predicted octanol–water partition coefficient (Wildman–Crippen LogP) is 5.33. The number of fused-ring (bicyclic) bond motifs is 2. The molecule has 0 saturated heterocycles. The van der Waals surface area contributed by atoms with Gasteiger partial charge in [-0.25, -0.2) is 9.49 Å². The molecule has 0 fully saturated rings. The van der Waals surface area contributed by atoms with E-state index in [0.717, 1.165) is 22.2 Å². The molecule has 0 amide bonds. The molecule has 7 heteroatoms. The fraction of sp³-hybridized carbons (Fsp3) is 0.185. The third-order valence-corrected chi connectivity index (χ3v) is 6.50. The van der Waals surface area contributed by atoms with Crippen LogP contribution >= 0.6 is 0 Å². The van der Waals surface area contributed by atoms with E-state index >= 15 is 4.39 Å². The van der Waals surface area contributed by atoms with Gasteiger partial charge in [-0.3, -0.25) is 9.48 Å². The number of benzene rings is 3. The first-order valence-corrected chi connectivity index (χ1v) is 11.0. The minimum absolute atomic E-state index is 0.228. The highest BCUT2D eigenvalue weighted by atomic mass is 19.1. The fourth-order valence-corrected chi connectivity index (χ4v) is 4.84. The first-order valence-electron chi connectivity index (χ1n) is 11.0. The van der Waals surface area contributed by atoms with Crippen molar-refractivity contribution in [3.05, 3.63) is 81.2 Å². The lowest BCUT2D eigenvalue weighted by atomic mass is 9.90. The van der Waals surface area contributed by atoms with E-state index in [1.807, 2.05) is 50.2 Å². The number of hydrogen-bond donors (Lipinski definition) is 1. The highest BCUT2D eigenvalue weighted by molar-refractivity contribution is 6.00. The summed E-state index contributed by atoms with van der Waals surface area (Å²) >= 11 is 0. The number of nitrogens with zero attached hydrogens (tertiary/aromatic N) is 4. The van der Waals surface area contributed by atoms with Gasteiger partial charge >= 0.3 is 0 Å². The Kier molecular flexibility index (Phi) is 5.02. The van der Waals surface area contributed by atoms with Gasteiger partial charge in [-0.1, -0.05) is 37.3 Å². The van der Waals surface area contributed by atoms with Crippen LogP contribution in [0.1, 0.15) is 29.3 Å². The second kappa shape index (κ2) is 7.92. The van der Waals surface area contributed by atoms with Gasteiger partial charge in [0.1, 0.15) is 11.9 Å². The summed E-state index contributed by atoms with van der Waals surface area (Å²) in [5.41, 5.74) is 4.27. The first kappa shape index (κ1) is 21.5. The highest BCUT2D eigenvalue weighted by Crippen LogP contribution is 2.40. The van der Waals surface area contributed by atoms with Crippen LogP contribution in [-0.4, -0.2) is 20.0 Å². The van der Waals surface area contributed by atoms with Crippen LogP contribution in [0.3, 0.4) is 0 Å². The number of nitrogens with one attached hydrogen (secondary N) is 1. The third-order valence-electron chi connectivity index (χ3n) is 6.50. The van der Waals surface area contributed by atoms with E-state index in [-0.39, 0.29) is 16.7 Å². The van der Waals surface area contributed by atoms with Crippen molar-refractivity contribution in [3.63, 3.8) is 0 Å². The largest absolute Gasteiger partial charge is 0.272 e. The van der Waals surface area contributed by atoms with Gasteiger partial charge in [-0.2, -0.15) is 15.5 Å². The van der Waals surface area contributed by atoms with Gasteiger partial charge in [-0.15, -0.1) is 0 Å². The van der Waals surface area contributed by atoms with Crippen molar-refractivity contribution in [1.82, 2.24) is 20.0 Å². The van der Waals surface area contributed by atoms with Crippen molar-refractivity contribution in [2.24, 2.45) is 7.05 Å². The van der Waals surface area contributed by atoms with E-state index in [9.17, 15) is 10.1 Å². The van der Waals surface area contributed by atoms with E-state index in [1.54, 1.807) is 24.9 Å². The van der Waals surface area contributed by atoms with Crippen LogP contribution in [0.25, 0.3) is 43.9 Å². The van der Waals surface area contributed by atoms with Gasteiger partial charge in [-0.05, 0) is 48.4 Å². The van der Waals surface area contributed by atoms with E-state index in [2.05, 4.69) is 21.4 Å². The Labute approximate surface area is 195 Å². The number of aryl methyl sites for hydroxylation is 4. The van der Waals surface area contributed by atoms with E-state index < -0.39 is 5.82 Å². The average Bonchev–Trinajstić information content (AvgIpc) is 3.22. The normalized spacial score (nSPS) is 11.3. The molecule has 0 atom stereocenters. The van der Waals surface area contributed by atoms with Crippen molar-refractivity contribution in [3.8, 4) is 28.5 Å². The molecule has 0 saturated carbocycles. The molecule has 0 bridgehead atoms. The van der Waals surface area contributed by atoms with Crippen LogP contribution in [0.2, 0.25) is 0 Å². The molecule has 6 nitrogen and oxygen atoms in total. The standard InChI is InChI=1S/C27H22FN5O/c1-5-22-19-11-16(10-14(2)23(19)27(34)32-31-22)21-13-30-33(4)26(21)24-20(12-29)18-9-7-6-8-17(18)15(3)25(24)28/h6-11,13H,5H2,1-4H3,(H,32,34).